The molecule has 14 nitrogen and oxygen atoms in total. The van der Waals surface area contributed by atoms with Crippen LogP contribution in [0.3, 0.4) is 0 Å². The van der Waals surface area contributed by atoms with E-state index in [1.165, 1.54) is 22.3 Å². The normalized spacial score (nSPS) is 24.4. The van der Waals surface area contributed by atoms with Crippen molar-refractivity contribution >= 4 is 45.2 Å². The number of carbonyl (C=O) groups excluding carboxylic acids is 4. The molecule has 1 aliphatic heterocycles. The van der Waals surface area contributed by atoms with E-state index < -0.39 is 79.7 Å². The fraction of sp³-hybridized carbons (Fsp3) is 0.576. The van der Waals surface area contributed by atoms with Crippen LogP contribution in [-0.4, -0.2) is 88.2 Å². The summed E-state index contributed by atoms with van der Waals surface area (Å²) in [5, 5.41) is 7.35. The van der Waals surface area contributed by atoms with Gasteiger partial charge < -0.3 is 25.0 Å². The van der Waals surface area contributed by atoms with Gasteiger partial charge in [0, 0.05) is 36.2 Å². The molecule has 4 amide bonds. The summed E-state index contributed by atoms with van der Waals surface area (Å²) >= 11 is 1.42. The number of likely N-dealkylation sites (tertiary alicyclic amines) is 1. The van der Waals surface area contributed by atoms with Crippen molar-refractivity contribution in [2.75, 3.05) is 6.54 Å². The summed E-state index contributed by atoms with van der Waals surface area (Å²) < 4.78 is 39.1. The molecule has 5 atom stereocenters. The van der Waals surface area contributed by atoms with E-state index in [2.05, 4.69) is 31.9 Å². The Bertz CT molecular complexity index is 1710. The van der Waals surface area contributed by atoms with Gasteiger partial charge in [-0.15, -0.1) is 17.9 Å². The zero-order chi connectivity index (χ0) is 35.9. The molecule has 3 aliphatic rings. The third-order valence-corrected chi connectivity index (χ3v) is 11.2. The number of nitrogens with one attached hydrogen (secondary N) is 3. The minimum Gasteiger partial charge on any atom is -0.488 e. The standard InChI is InChI=1S/C33H44N6O8S2/c1-8-19-17-33(19,29(42)38-49(44,45)22-9-10-22)37-26(40)24-16-21(46-20-11-12-34-23(15-20)27-35-13-14-48-27)18-39(24)28(41)25(31(2,3)4)36-30(43)47-32(5,6)7/h8,11-15,19,21-22,24-25H,1,9-10,16-18H2,2-7H3,(H,36,43)(H,37,40)(H,38,42)/t19-,21-,24+,25-,33-/m1/s1. The molecule has 2 saturated carbocycles. The van der Waals surface area contributed by atoms with Crippen molar-refractivity contribution in [2.45, 2.75) is 102 Å². The molecular formula is C33H44N6O8S2. The summed E-state index contributed by atoms with van der Waals surface area (Å²) in [4.78, 5) is 64.7. The smallest absolute Gasteiger partial charge is 0.408 e. The number of alkyl carbamates (subject to hydrolysis) is 1. The molecule has 16 heteroatoms. The van der Waals surface area contributed by atoms with Crippen LogP contribution < -0.4 is 20.1 Å². The number of ether oxygens (including phenoxy) is 2. The molecule has 0 bridgehead atoms. The van der Waals surface area contributed by atoms with Gasteiger partial charge >= 0.3 is 6.09 Å². The number of hydrogen-bond donors (Lipinski definition) is 3. The first-order valence-electron chi connectivity index (χ1n) is 16.2. The highest BCUT2D eigenvalue weighted by atomic mass is 32.2. The van der Waals surface area contributed by atoms with Gasteiger partial charge in [-0.2, -0.15) is 0 Å². The van der Waals surface area contributed by atoms with E-state index in [-0.39, 0.29) is 19.4 Å². The van der Waals surface area contributed by atoms with Crippen molar-refractivity contribution in [3.05, 3.63) is 42.6 Å². The number of thiazole rings is 1. The van der Waals surface area contributed by atoms with Crippen molar-refractivity contribution in [1.82, 2.24) is 30.2 Å². The Kier molecular flexibility index (Phi) is 9.87. The van der Waals surface area contributed by atoms with Crippen LogP contribution in [0.25, 0.3) is 10.7 Å². The van der Waals surface area contributed by atoms with Gasteiger partial charge in [0.15, 0.2) is 0 Å². The summed E-state index contributed by atoms with van der Waals surface area (Å²) in [5.74, 6) is -2.11. The number of hydrogen-bond acceptors (Lipinski definition) is 11. The topological polar surface area (TPSA) is 186 Å². The van der Waals surface area contributed by atoms with E-state index in [1.807, 2.05) is 5.38 Å². The maximum absolute atomic E-state index is 14.3. The quantitative estimate of drug-likeness (QED) is 0.292. The van der Waals surface area contributed by atoms with Gasteiger partial charge in [0.25, 0.3) is 5.91 Å². The fourth-order valence-electron chi connectivity index (χ4n) is 5.78. The highest BCUT2D eigenvalue weighted by molar-refractivity contribution is 7.91. The first-order chi connectivity index (χ1) is 22.8. The first-order valence-corrected chi connectivity index (χ1v) is 18.6. The third-order valence-electron chi connectivity index (χ3n) is 8.56. The molecule has 3 heterocycles. The third kappa shape index (κ3) is 8.40. The Morgan fingerprint density at radius 1 is 1.12 bits per heavy atom. The van der Waals surface area contributed by atoms with Crippen LogP contribution in [0, 0.1) is 11.3 Å². The van der Waals surface area contributed by atoms with Gasteiger partial charge in [0.1, 0.15) is 45.8 Å². The van der Waals surface area contributed by atoms with E-state index in [4.69, 9.17) is 9.47 Å². The van der Waals surface area contributed by atoms with Gasteiger partial charge in [-0.05, 0) is 51.5 Å². The Morgan fingerprint density at radius 3 is 2.41 bits per heavy atom. The average Bonchev–Trinajstić information content (AvgIpc) is 3.87. The van der Waals surface area contributed by atoms with Gasteiger partial charge in [0.2, 0.25) is 21.8 Å². The summed E-state index contributed by atoms with van der Waals surface area (Å²) in [5.41, 5.74) is -2.56. The van der Waals surface area contributed by atoms with Crippen molar-refractivity contribution < 1.29 is 37.1 Å². The molecule has 3 N–H and O–H groups in total. The molecular weight excluding hydrogens is 673 g/mol. The molecule has 0 spiro atoms. The van der Waals surface area contributed by atoms with Crippen LogP contribution >= 0.6 is 11.3 Å². The highest BCUT2D eigenvalue weighted by Gasteiger charge is 2.62. The summed E-state index contributed by atoms with van der Waals surface area (Å²) in [6.07, 6.45) is 4.41. The van der Waals surface area contributed by atoms with Gasteiger partial charge in [0.05, 0.1) is 11.8 Å². The second kappa shape index (κ2) is 13.3. The fourth-order valence-corrected chi connectivity index (χ4v) is 7.75. The first kappa shape index (κ1) is 36.2. The van der Waals surface area contributed by atoms with E-state index in [1.54, 1.807) is 66.1 Å². The van der Waals surface area contributed by atoms with Crippen LogP contribution in [-0.2, 0) is 29.1 Å². The number of pyridine rings is 1. The Balaban J connectivity index is 1.41. The number of aromatic nitrogens is 2. The van der Waals surface area contributed by atoms with E-state index in [0.29, 0.717) is 29.3 Å². The summed E-state index contributed by atoms with van der Waals surface area (Å²) in [6, 6.07) is 1.16. The SMILES string of the molecule is C=C[C@@H]1C[C@]1(NC(=O)[C@@H]1C[C@@H](Oc2ccnc(-c3nccs3)c2)CN1C(=O)[C@@H](NC(=O)OC(C)(C)C)C(C)(C)C)C(=O)NS(=O)(=O)C1CC1. The second-order valence-electron chi connectivity index (χ2n) is 14.8. The summed E-state index contributed by atoms with van der Waals surface area (Å²) in [7, 11) is -3.89. The van der Waals surface area contributed by atoms with E-state index in [9.17, 15) is 27.6 Å². The number of carbonyl (C=O) groups is 4. The van der Waals surface area contributed by atoms with Crippen LogP contribution in [0.4, 0.5) is 4.79 Å². The Hall–Kier alpha value is -4.05. The molecule has 0 aromatic carbocycles. The van der Waals surface area contributed by atoms with Crippen LogP contribution in [0.5, 0.6) is 5.75 Å². The second-order valence-corrected chi connectivity index (χ2v) is 17.7. The molecule has 0 unspecified atom stereocenters. The lowest BCUT2D eigenvalue weighted by Gasteiger charge is -2.36. The minimum absolute atomic E-state index is 0.0193. The molecule has 49 heavy (non-hydrogen) atoms. The lowest BCUT2D eigenvalue weighted by molar-refractivity contribution is -0.143. The number of nitrogens with zero attached hydrogens (tertiary/aromatic N) is 3. The lowest BCUT2D eigenvalue weighted by Crippen LogP contribution is -2.60. The predicted molar refractivity (Wildman–Crippen MR) is 182 cm³/mol. The van der Waals surface area contributed by atoms with Gasteiger partial charge in [-0.25, -0.2) is 18.2 Å². The van der Waals surface area contributed by atoms with Gasteiger partial charge in [-0.3, -0.25) is 24.1 Å². The van der Waals surface area contributed by atoms with E-state index >= 15 is 0 Å². The predicted octanol–water partition coefficient (Wildman–Crippen LogP) is 3.16. The molecule has 1 saturated heterocycles. The van der Waals surface area contributed by atoms with Crippen molar-refractivity contribution in [3.8, 4) is 16.5 Å². The highest BCUT2D eigenvalue weighted by Crippen LogP contribution is 2.45. The molecule has 2 aromatic rings. The van der Waals surface area contributed by atoms with Crippen molar-refractivity contribution in [1.29, 1.82) is 0 Å². The lowest BCUT2D eigenvalue weighted by atomic mass is 9.85. The molecule has 3 fully saturated rings. The Morgan fingerprint density at radius 2 is 1.84 bits per heavy atom. The van der Waals surface area contributed by atoms with Crippen LogP contribution in [0.1, 0.15) is 67.2 Å². The molecule has 2 aliphatic carbocycles. The maximum Gasteiger partial charge on any atom is 0.408 e. The number of rotatable bonds is 11. The molecule has 0 radical (unpaired) electrons. The van der Waals surface area contributed by atoms with Crippen molar-refractivity contribution in [3.63, 3.8) is 0 Å². The van der Waals surface area contributed by atoms with E-state index in [0.717, 1.165) is 0 Å². The van der Waals surface area contributed by atoms with Gasteiger partial charge in [-0.1, -0.05) is 26.8 Å². The molecule has 5 rings (SSSR count). The van der Waals surface area contributed by atoms with Crippen LogP contribution in [0.2, 0.25) is 0 Å². The average molecular weight is 717 g/mol. The minimum atomic E-state index is -3.89. The number of sulfonamides is 1. The van der Waals surface area contributed by atoms with Crippen molar-refractivity contribution in [2.24, 2.45) is 11.3 Å². The largest absolute Gasteiger partial charge is 0.488 e. The number of amides is 4. The summed E-state index contributed by atoms with van der Waals surface area (Å²) in [6.45, 7) is 14.2. The zero-order valence-corrected chi connectivity index (χ0v) is 30.2. The maximum atomic E-state index is 14.3. The van der Waals surface area contributed by atoms with Crippen LogP contribution in [0.15, 0.2) is 42.6 Å². The zero-order valence-electron chi connectivity index (χ0n) is 28.5. The molecule has 2 aromatic heterocycles. The monoisotopic (exact) mass is 716 g/mol. The Labute approximate surface area is 290 Å². The molecule has 266 valence electrons.